The maximum atomic E-state index is 3.73. The van der Waals surface area contributed by atoms with Crippen LogP contribution in [0, 0.1) is 0 Å². The summed E-state index contributed by atoms with van der Waals surface area (Å²) in [4.78, 5) is 0. The minimum absolute atomic E-state index is 1.19. The lowest BCUT2D eigenvalue weighted by Gasteiger charge is -1.85. The van der Waals surface area contributed by atoms with Crippen molar-refractivity contribution in [1.29, 1.82) is 0 Å². The smallest absolute Gasteiger partial charge is 0.00139 e. The van der Waals surface area contributed by atoms with Crippen LogP contribution in [0.4, 0.5) is 0 Å². The summed E-state index contributed by atoms with van der Waals surface area (Å²) in [5, 5.41) is 0. The highest BCUT2D eigenvalue weighted by Gasteiger charge is 2.17. The van der Waals surface area contributed by atoms with Gasteiger partial charge in [-0.05, 0) is 23.1 Å². The summed E-state index contributed by atoms with van der Waals surface area (Å²) < 4.78 is 0. The van der Waals surface area contributed by atoms with Crippen LogP contribution >= 0.6 is 0 Å². The Bertz CT molecular complexity index is 259. The zero-order valence-electron chi connectivity index (χ0n) is 5.22. The number of fused-ring (bicyclic) bond motifs is 1. The van der Waals surface area contributed by atoms with E-state index in [9.17, 15) is 0 Å². The number of hydrogen-bond donors (Lipinski definition) is 0. The fraction of sp³-hybridized carbons (Fsp3) is 0.111. The van der Waals surface area contributed by atoms with Gasteiger partial charge in [-0.3, -0.25) is 0 Å². The molecule has 0 N–H and O–H groups in total. The molecule has 0 bridgehead atoms. The first-order chi connectivity index (χ1) is 4.42. The van der Waals surface area contributed by atoms with E-state index in [0.717, 1.165) is 0 Å². The molecule has 1 aromatic rings. The van der Waals surface area contributed by atoms with Gasteiger partial charge in [0.1, 0.15) is 0 Å². The number of hydrogen-bond acceptors (Lipinski definition) is 0. The van der Waals surface area contributed by atoms with Crippen molar-refractivity contribution in [1.82, 2.24) is 0 Å². The predicted molar refractivity (Wildman–Crippen MR) is 39.3 cm³/mol. The fourth-order valence-electron chi connectivity index (χ4n) is 1.15. The molecular weight excluding hydrogens is 108 g/mol. The summed E-state index contributed by atoms with van der Waals surface area (Å²) in [7, 11) is 0. The molecule has 0 heterocycles. The number of benzene rings is 1. The summed E-state index contributed by atoms with van der Waals surface area (Å²) in [6, 6.07) is 6.37. The predicted octanol–water partition coefficient (Wildman–Crippen LogP) is 2.23. The molecule has 0 saturated carbocycles. The highest BCUT2D eigenvalue weighted by atomic mass is 14.2. The Kier molecular flexibility index (Phi) is 0.786. The summed E-state index contributed by atoms with van der Waals surface area (Å²) in [5.41, 5.74) is 4.30. The molecule has 0 fully saturated rings. The Morgan fingerprint density at radius 3 is 3.00 bits per heavy atom. The van der Waals surface area contributed by atoms with E-state index in [-0.39, 0.29) is 0 Å². The lowest BCUT2D eigenvalue weighted by Crippen LogP contribution is -1.65. The lowest BCUT2D eigenvalue weighted by atomic mass is 10.2. The first kappa shape index (κ1) is 4.80. The zero-order valence-corrected chi connectivity index (χ0v) is 5.22. The highest BCUT2D eigenvalue weighted by molar-refractivity contribution is 5.62. The molecule has 0 unspecified atom stereocenters. The van der Waals surface area contributed by atoms with Gasteiger partial charge in [0.2, 0.25) is 0 Å². The molecule has 0 aromatic heterocycles. The van der Waals surface area contributed by atoms with E-state index in [4.69, 9.17) is 0 Å². The van der Waals surface area contributed by atoms with Crippen molar-refractivity contribution in [2.75, 3.05) is 0 Å². The molecule has 0 amide bonds. The SMILES string of the molecule is C=Cc1cccc2c1C2. The third-order valence-corrected chi connectivity index (χ3v) is 1.77. The molecule has 2 rings (SSSR count). The molecule has 9 heavy (non-hydrogen) atoms. The van der Waals surface area contributed by atoms with Gasteiger partial charge >= 0.3 is 0 Å². The minimum atomic E-state index is 1.19. The molecule has 0 nitrogen and oxygen atoms in total. The van der Waals surface area contributed by atoms with Gasteiger partial charge in [-0.2, -0.15) is 0 Å². The summed E-state index contributed by atoms with van der Waals surface area (Å²) >= 11 is 0. The van der Waals surface area contributed by atoms with Gasteiger partial charge in [0, 0.05) is 0 Å². The standard InChI is InChI=1S/C9H8/c1-2-7-4-3-5-8-6-9(7)8/h2-5H,1,6H2. The molecule has 0 atom stereocenters. The second kappa shape index (κ2) is 1.47. The first-order valence-electron chi connectivity index (χ1n) is 3.15. The monoisotopic (exact) mass is 116 g/mol. The van der Waals surface area contributed by atoms with Crippen molar-refractivity contribution in [3.8, 4) is 0 Å². The van der Waals surface area contributed by atoms with Crippen molar-refractivity contribution < 1.29 is 0 Å². The van der Waals surface area contributed by atoms with E-state index in [0.29, 0.717) is 0 Å². The van der Waals surface area contributed by atoms with Crippen LogP contribution in [0.3, 0.4) is 0 Å². The van der Waals surface area contributed by atoms with Crippen molar-refractivity contribution in [3.05, 3.63) is 41.5 Å². The second-order valence-electron chi connectivity index (χ2n) is 2.37. The summed E-state index contributed by atoms with van der Waals surface area (Å²) in [5.74, 6) is 0. The van der Waals surface area contributed by atoms with Crippen LogP contribution in [0.15, 0.2) is 24.8 Å². The maximum absolute atomic E-state index is 3.73. The van der Waals surface area contributed by atoms with Crippen LogP contribution in [0.5, 0.6) is 0 Å². The highest BCUT2D eigenvalue weighted by Crippen LogP contribution is 2.31. The van der Waals surface area contributed by atoms with E-state index >= 15 is 0 Å². The first-order valence-corrected chi connectivity index (χ1v) is 3.15. The van der Waals surface area contributed by atoms with E-state index in [1.165, 1.54) is 23.1 Å². The Hall–Kier alpha value is -1.04. The lowest BCUT2D eigenvalue weighted by molar-refractivity contribution is 1.59. The normalized spacial score (nSPS) is 12.4. The Morgan fingerprint density at radius 2 is 2.33 bits per heavy atom. The van der Waals surface area contributed by atoms with Gasteiger partial charge in [0.05, 0.1) is 0 Å². The van der Waals surface area contributed by atoms with E-state index < -0.39 is 0 Å². The summed E-state index contributed by atoms with van der Waals surface area (Å²) in [6.07, 6.45) is 3.11. The molecule has 1 aliphatic rings. The Morgan fingerprint density at radius 1 is 1.44 bits per heavy atom. The van der Waals surface area contributed by atoms with Gasteiger partial charge < -0.3 is 0 Å². The molecule has 0 heteroatoms. The average Bonchev–Trinajstić information content (AvgIpc) is 2.64. The van der Waals surface area contributed by atoms with Gasteiger partial charge in [-0.25, -0.2) is 0 Å². The Balaban J connectivity index is 2.62. The van der Waals surface area contributed by atoms with Crippen molar-refractivity contribution in [3.63, 3.8) is 0 Å². The van der Waals surface area contributed by atoms with Crippen molar-refractivity contribution >= 4 is 6.08 Å². The maximum Gasteiger partial charge on any atom is -0.00139 e. The molecule has 1 aliphatic carbocycles. The van der Waals surface area contributed by atoms with Crippen LogP contribution in [0.1, 0.15) is 16.7 Å². The quantitative estimate of drug-likeness (QED) is 0.536. The van der Waals surface area contributed by atoms with Crippen LogP contribution in [0.2, 0.25) is 0 Å². The largest absolute Gasteiger partial charge is 0.0985 e. The average molecular weight is 116 g/mol. The molecular formula is C9H8. The van der Waals surface area contributed by atoms with Gasteiger partial charge in [-0.1, -0.05) is 30.9 Å². The molecule has 0 aliphatic heterocycles. The molecule has 0 spiro atoms. The Labute approximate surface area is 54.8 Å². The van der Waals surface area contributed by atoms with Crippen LogP contribution < -0.4 is 0 Å². The van der Waals surface area contributed by atoms with E-state index in [2.05, 4.69) is 24.8 Å². The van der Waals surface area contributed by atoms with Crippen LogP contribution in [-0.2, 0) is 6.42 Å². The third kappa shape index (κ3) is 0.595. The van der Waals surface area contributed by atoms with Crippen molar-refractivity contribution in [2.45, 2.75) is 6.42 Å². The molecule has 44 valence electrons. The molecule has 1 aromatic carbocycles. The van der Waals surface area contributed by atoms with E-state index in [1.807, 2.05) is 6.08 Å². The minimum Gasteiger partial charge on any atom is -0.0985 e. The topological polar surface area (TPSA) is 0 Å². The fourth-order valence-corrected chi connectivity index (χ4v) is 1.15. The van der Waals surface area contributed by atoms with Gasteiger partial charge in [0.15, 0.2) is 0 Å². The zero-order chi connectivity index (χ0) is 6.27. The summed E-state index contributed by atoms with van der Waals surface area (Å²) in [6.45, 7) is 3.73. The van der Waals surface area contributed by atoms with Gasteiger partial charge in [-0.15, -0.1) is 0 Å². The molecule has 0 radical (unpaired) electrons. The van der Waals surface area contributed by atoms with E-state index in [1.54, 1.807) is 0 Å². The molecule has 0 saturated heterocycles. The van der Waals surface area contributed by atoms with Crippen molar-refractivity contribution in [2.24, 2.45) is 0 Å². The number of rotatable bonds is 1. The second-order valence-corrected chi connectivity index (χ2v) is 2.37. The van der Waals surface area contributed by atoms with Gasteiger partial charge in [0.25, 0.3) is 0 Å². The van der Waals surface area contributed by atoms with Crippen LogP contribution in [0.25, 0.3) is 6.08 Å². The third-order valence-electron chi connectivity index (χ3n) is 1.77. The van der Waals surface area contributed by atoms with Crippen LogP contribution in [-0.4, -0.2) is 0 Å².